The topological polar surface area (TPSA) is 99.9 Å². The van der Waals surface area contributed by atoms with Crippen LogP contribution >= 0.6 is 0 Å². The summed E-state index contributed by atoms with van der Waals surface area (Å²) in [6.45, 7) is 14.1. The molecule has 0 atom stereocenters. The number of benzene rings is 1. The number of nitrogen functional groups attached to an aromatic ring is 1. The molecule has 0 saturated carbocycles. The van der Waals surface area contributed by atoms with Gasteiger partial charge in [0.25, 0.3) is 0 Å². The Morgan fingerprint density at radius 2 is 0.848 bits per heavy atom. The standard InChI is InChI=1S/C23H43NO8Si/c1-33(2,3)32-21-19-30-17-15-28-13-11-26-9-8-25-10-12-27-14-16-29-18-20-31-23-6-4-22(24)5-7-23/h4-7H,8-21,24H2,1-3H3. The van der Waals surface area contributed by atoms with E-state index in [1.165, 1.54) is 0 Å². The van der Waals surface area contributed by atoms with E-state index in [2.05, 4.69) is 19.6 Å². The molecule has 0 fully saturated rings. The summed E-state index contributed by atoms with van der Waals surface area (Å²) in [6, 6.07) is 7.28. The van der Waals surface area contributed by atoms with Crippen molar-refractivity contribution in [1.29, 1.82) is 0 Å². The second-order valence-corrected chi connectivity index (χ2v) is 12.6. The number of nitrogens with two attached hydrogens (primary N) is 1. The summed E-state index contributed by atoms with van der Waals surface area (Å²) in [7, 11) is -1.44. The predicted molar refractivity (Wildman–Crippen MR) is 131 cm³/mol. The first kappa shape index (κ1) is 29.8. The average molecular weight is 490 g/mol. The van der Waals surface area contributed by atoms with Gasteiger partial charge in [0, 0.05) is 5.69 Å². The van der Waals surface area contributed by atoms with Crippen LogP contribution in [0.1, 0.15) is 0 Å². The van der Waals surface area contributed by atoms with E-state index >= 15 is 0 Å². The van der Waals surface area contributed by atoms with Crippen molar-refractivity contribution in [2.45, 2.75) is 19.6 Å². The van der Waals surface area contributed by atoms with Gasteiger partial charge >= 0.3 is 0 Å². The van der Waals surface area contributed by atoms with Crippen LogP contribution in [0.5, 0.6) is 5.75 Å². The highest BCUT2D eigenvalue weighted by atomic mass is 28.4. The molecule has 0 radical (unpaired) electrons. The van der Waals surface area contributed by atoms with Crippen molar-refractivity contribution < 1.29 is 37.6 Å². The van der Waals surface area contributed by atoms with E-state index in [1.54, 1.807) is 12.1 Å². The molecule has 0 heterocycles. The summed E-state index contributed by atoms with van der Waals surface area (Å²) in [5.74, 6) is 0.779. The van der Waals surface area contributed by atoms with Crippen LogP contribution < -0.4 is 10.5 Å². The normalized spacial score (nSPS) is 11.7. The van der Waals surface area contributed by atoms with Gasteiger partial charge in [0.05, 0.1) is 85.9 Å². The van der Waals surface area contributed by atoms with E-state index in [0.29, 0.717) is 98.2 Å². The largest absolute Gasteiger partial charge is 0.491 e. The highest BCUT2D eigenvalue weighted by Crippen LogP contribution is 2.12. The molecule has 2 N–H and O–H groups in total. The lowest BCUT2D eigenvalue weighted by molar-refractivity contribution is -0.0188. The molecule has 33 heavy (non-hydrogen) atoms. The van der Waals surface area contributed by atoms with Crippen molar-refractivity contribution in [3.63, 3.8) is 0 Å². The molecule has 0 saturated heterocycles. The Balaban J connectivity index is 1.69. The van der Waals surface area contributed by atoms with Gasteiger partial charge in [-0.1, -0.05) is 0 Å². The molecule has 10 heteroatoms. The molecular formula is C23H43NO8Si. The van der Waals surface area contributed by atoms with Gasteiger partial charge in [-0.2, -0.15) is 0 Å². The van der Waals surface area contributed by atoms with Crippen LogP contribution in [-0.4, -0.2) is 101 Å². The van der Waals surface area contributed by atoms with Crippen molar-refractivity contribution in [1.82, 2.24) is 0 Å². The summed E-state index contributed by atoms with van der Waals surface area (Å²) < 4.78 is 44.0. The summed E-state index contributed by atoms with van der Waals surface area (Å²) in [5.41, 5.74) is 6.34. The van der Waals surface area contributed by atoms with Crippen molar-refractivity contribution in [3.8, 4) is 5.75 Å². The van der Waals surface area contributed by atoms with Crippen LogP contribution in [0.2, 0.25) is 19.6 Å². The molecule has 0 bridgehead atoms. The van der Waals surface area contributed by atoms with E-state index in [9.17, 15) is 0 Å². The molecule has 0 spiro atoms. The van der Waals surface area contributed by atoms with Gasteiger partial charge in [0.15, 0.2) is 8.32 Å². The number of hydrogen-bond donors (Lipinski definition) is 1. The quantitative estimate of drug-likeness (QED) is 0.141. The number of ether oxygens (including phenoxy) is 7. The first-order valence-corrected chi connectivity index (χ1v) is 15.0. The Bertz CT molecular complexity index is 556. The van der Waals surface area contributed by atoms with Crippen molar-refractivity contribution in [2.24, 2.45) is 0 Å². The van der Waals surface area contributed by atoms with Gasteiger partial charge in [-0.3, -0.25) is 0 Å². The predicted octanol–water partition coefficient (Wildman–Crippen LogP) is 2.60. The maximum atomic E-state index is 5.70. The Labute approximate surface area is 199 Å². The lowest BCUT2D eigenvalue weighted by atomic mass is 10.3. The van der Waals surface area contributed by atoms with Gasteiger partial charge < -0.3 is 43.3 Å². The van der Waals surface area contributed by atoms with Gasteiger partial charge in [-0.15, -0.1) is 0 Å². The number of rotatable bonds is 23. The first-order valence-electron chi connectivity index (χ1n) is 11.6. The van der Waals surface area contributed by atoms with Crippen LogP contribution in [0.25, 0.3) is 0 Å². The zero-order valence-corrected chi connectivity index (χ0v) is 21.6. The van der Waals surface area contributed by atoms with Gasteiger partial charge in [-0.05, 0) is 43.9 Å². The highest BCUT2D eigenvalue weighted by molar-refractivity contribution is 6.69. The third-order valence-electron chi connectivity index (χ3n) is 4.00. The Kier molecular flexibility index (Phi) is 18.2. The second-order valence-electron chi connectivity index (χ2n) is 8.05. The minimum absolute atomic E-state index is 0.486. The molecule has 0 amide bonds. The molecule has 9 nitrogen and oxygen atoms in total. The fraction of sp³-hybridized carbons (Fsp3) is 0.739. The van der Waals surface area contributed by atoms with E-state index < -0.39 is 8.32 Å². The second kappa shape index (κ2) is 20.2. The smallest absolute Gasteiger partial charge is 0.183 e. The van der Waals surface area contributed by atoms with Crippen LogP contribution in [0.3, 0.4) is 0 Å². The van der Waals surface area contributed by atoms with E-state index in [1.807, 2.05) is 12.1 Å². The molecule has 0 aromatic heterocycles. The van der Waals surface area contributed by atoms with Crippen LogP contribution in [0, 0.1) is 0 Å². The lowest BCUT2D eigenvalue weighted by Gasteiger charge is -2.16. The van der Waals surface area contributed by atoms with E-state index in [-0.39, 0.29) is 0 Å². The maximum Gasteiger partial charge on any atom is 0.183 e. The molecule has 0 aliphatic heterocycles. The molecule has 1 aromatic carbocycles. The van der Waals surface area contributed by atoms with Crippen LogP contribution in [-0.2, 0) is 32.8 Å². The summed E-state index contributed by atoms with van der Waals surface area (Å²) in [5, 5.41) is 0. The zero-order valence-electron chi connectivity index (χ0n) is 20.6. The SMILES string of the molecule is C[Si](C)(C)OCCOCCOCCOCCOCCOCCOCCOc1ccc(N)cc1. The molecule has 1 aromatic rings. The summed E-state index contributed by atoms with van der Waals surface area (Å²) in [4.78, 5) is 0. The Hall–Kier alpha value is -1.24. The minimum atomic E-state index is -1.44. The number of hydrogen-bond acceptors (Lipinski definition) is 9. The Morgan fingerprint density at radius 1 is 0.515 bits per heavy atom. The molecule has 192 valence electrons. The van der Waals surface area contributed by atoms with Crippen LogP contribution in [0.15, 0.2) is 24.3 Å². The summed E-state index contributed by atoms with van der Waals surface area (Å²) >= 11 is 0. The third-order valence-corrected chi connectivity index (χ3v) is 5.07. The molecular weight excluding hydrogens is 446 g/mol. The zero-order chi connectivity index (χ0) is 24.0. The molecule has 0 aliphatic carbocycles. The molecule has 0 unspecified atom stereocenters. The third kappa shape index (κ3) is 21.1. The van der Waals surface area contributed by atoms with E-state index in [4.69, 9.17) is 43.3 Å². The van der Waals surface area contributed by atoms with Crippen molar-refractivity contribution in [2.75, 3.05) is 98.2 Å². The van der Waals surface area contributed by atoms with Crippen LogP contribution in [0.4, 0.5) is 5.69 Å². The van der Waals surface area contributed by atoms with E-state index in [0.717, 1.165) is 5.75 Å². The monoisotopic (exact) mass is 489 g/mol. The van der Waals surface area contributed by atoms with Crippen molar-refractivity contribution >= 4 is 14.0 Å². The fourth-order valence-corrected chi connectivity index (χ4v) is 3.09. The Morgan fingerprint density at radius 3 is 1.21 bits per heavy atom. The molecule has 1 rings (SSSR count). The first-order chi connectivity index (χ1) is 16.0. The number of anilines is 1. The summed E-state index contributed by atoms with van der Waals surface area (Å²) in [6.07, 6.45) is 0. The fourth-order valence-electron chi connectivity index (χ4n) is 2.39. The average Bonchev–Trinajstić information content (AvgIpc) is 2.77. The lowest BCUT2D eigenvalue weighted by Crippen LogP contribution is -2.27. The molecule has 0 aliphatic rings. The van der Waals surface area contributed by atoms with Gasteiger partial charge in [-0.25, -0.2) is 0 Å². The highest BCUT2D eigenvalue weighted by Gasteiger charge is 2.12. The van der Waals surface area contributed by atoms with Gasteiger partial charge in [0.2, 0.25) is 0 Å². The minimum Gasteiger partial charge on any atom is -0.491 e. The maximum absolute atomic E-state index is 5.70. The van der Waals surface area contributed by atoms with Crippen molar-refractivity contribution in [3.05, 3.63) is 24.3 Å². The van der Waals surface area contributed by atoms with Gasteiger partial charge in [0.1, 0.15) is 12.4 Å².